The lowest BCUT2D eigenvalue weighted by Crippen LogP contribution is -2.48. The van der Waals surface area contributed by atoms with E-state index in [1.807, 2.05) is 52.8 Å². The predicted molar refractivity (Wildman–Crippen MR) is 187 cm³/mol. The highest BCUT2D eigenvalue weighted by Gasteiger charge is 2.46. The first kappa shape index (κ1) is 37.0. The Kier molecular flexibility index (Phi) is 13.3. The summed E-state index contributed by atoms with van der Waals surface area (Å²) in [7, 11) is 1.60. The number of carbonyl (C=O) groups is 2. The standard InChI is InChI=1S/C33H42N6O3.C4H9N/c1-20(2)30(35)42-32(36)33(17-22(4)38-19-29(40)39-14-6-7-26(39)18-34)27-12-8-21(3)15-23(27)9-10-24-16-25(31(41)37-5)11-13-28(24)33;1-3-5-4-2/h8,11-13,15-16,20,22,26,35-36,38H,6-7,9-10,14,17,19H2,1-5H3,(H,37,41);3,5H,1,4H2,2H3/t22-,26?,33?;/m1./s1. The summed E-state index contributed by atoms with van der Waals surface area (Å²) in [6, 6.07) is 13.5. The Bertz CT molecular complexity index is 1510. The average Bonchev–Trinajstić information content (AvgIpc) is 3.50. The molecule has 0 radical (unpaired) electrons. The summed E-state index contributed by atoms with van der Waals surface area (Å²) in [5.74, 6) is -0.540. The largest absolute Gasteiger partial charge is 0.428 e. The highest BCUT2D eigenvalue weighted by atomic mass is 16.5. The van der Waals surface area contributed by atoms with E-state index in [1.165, 1.54) is 0 Å². The van der Waals surface area contributed by atoms with E-state index in [9.17, 15) is 20.3 Å². The molecule has 0 saturated carbocycles. The quantitative estimate of drug-likeness (QED) is 0.182. The third kappa shape index (κ3) is 8.66. The normalized spacial score (nSPS) is 18.7. The fourth-order valence-corrected chi connectivity index (χ4v) is 6.37. The van der Waals surface area contributed by atoms with Crippen LogP contribution in [0, 0.1) is 35.0 Å². The van der Waals surface area contributed by atoms with Crippen LogP contribution < -0.4 is 16.0 Å². The van der Waals surface area contributed by atoms with Crippen LogP contribution in [0.1, 0.15) is 85.1 Å². The zero-order valence-electron chi connectivity index (χ0n) is 28.8. The number of nitrogens with one attached hydrogen (secondary N) is 5. The molecule has 1 heterocycles. The molecule has 252 valence electrons. The van der Waals surface area contributed by atoms with Crippen LogP contribution >= 0.6 is 0 Å². The van der Waals surface area contributed by atoms with Gasteiger partial charge in [-0.05, 0) is 93.5 Å². The summed E-state index contributed by atoms with van der Waals surface area (Å²) < 4.78 is 6.04. The topological polar surface area (TPSA) is 154 Å². The van der Waals surface area contributed by atoms with Gasteiger partial charge in [0.1, 0.15) is 6.04 Å². The number of likely N-dealkylation sites (tertiary alicyclic amines) is 1. The van der Waals surface area contributed by atoms with Gasteiger partial charge in [-0.25, -0.2) is 0 Å². The molecular weight excluding hydrogens is 590 g/mol. The van der Waals surface area contributed by atoms with E-state index in [0.717, 1.165) is 47.2 Å². The fraction of sp³-hybridized carbons (Fsp3) is 0.486. The molecule has 0 spiro atoms. The van der Waals surface area contributed by atoms with Gasteiger partial charge in [-0.15, -0.1) is 0 Å². The zero-order valence-corrected chi connectivity index (χ0v) is 28.8. The van der Waals surface area contributed by atoms with Crippen molar-refractivity contribution in [2.75, 3.05) is 26.7 Å². The number of hydrogen-bond acceptors (Lipinski definition) is 8. The van der Waals surface area contributed by atoms with Crippen molar-refractivity contribution in [2.24, 2.45) is 5.92 Å². The summed E-state index contributed by atoms with van der Waals surface area (Å²) in [6.45, 7) is 14.9. The van der Waals surface area contributed by atoms with E-state index < -0.39 is 5.41 Å². The van der Waals surface area contributed by atoms with Gasteiger partial charge in [0.25, 0.3) is 5.91 Å². The Hall–Kier alpha value is -4.49. The number of carbonyl (C=O) groups excluding carboxylic acids is 2. The van der Waals surface area contributed by atoms with E-state index >= 15 is 0 Å². The molecule has 4 rings (SSSR count). The Morgan fingerprint density at radius 1 is 1.15 bits per heavy atom. The molecule has 2 unspecified atom stereocenters. The van der Waals surface area contributed by atoms with E-state index in [2.05, 4.69) is 40.7 Å². The van der Waals surface area contributed by atoms with Crippen LogP contribution in [-0.2, 0) is 27.8 Å². The van der Waals surface area contributed by atoms with Crippen molar-refractivity contribution in [1.82, 2.24) is 20.9 Å². The molecular formula is C37H51N7O3. The SMILES string of the molecule is C=CNCC.CNC(=O)c1ccc2c(c1)CCc1cc(C)ccc1C2(C[C@@H](C)NCC(=O)N1CCCC1C#N)C(=N)OC(=N)C(C)C. The minimum Gasteiger partial charge on any atom is -0.428 e. The van der Waals surface area contributed by atoms with E-state index in [0.29, 0.717) is 31.4 Å². The number of amides is 2. The second kappa shape index (κ2) is 16.9. The lowest BCUT2D eigenvalue weighted by Gasteiger charge is -2.38. The number of nitriles is 1. The maximum atomic E-state index is 13.0. The molecule has 3 atom stereocenters. The van der Waals surface area contributed by atoms with Crippen molar-refractivity contribution >= 4 is 23.6 Å². The molecule has 1 fully saturated rings. The molecule has 0 bridgehead atoms. The molecule has 47 heavy (non-hydrogen) atoms. The van der Waals surface area contributed by atoms with Gasteiger partial charge in [0.05, 0.1) is 18.0 Å². The first-order valence-electron chi connectivity index (χ1n) is 16.5. The van der Waals surface area contributed by atoms with Gasteiger partial charge in [0.2, 0.25) is 11.8 Å². The molecule has 2 amide bonds. The van der Waals surface area contributed by atoms with Crippen molar-refractivity contribution < 1.29 is 14.3 Å². The van der Waals surface area contributed by atoms with Crippen LogP contribution in [0.15, 0.2) is 49.2 Å². The monoisotopic (exact) mass is 641 g/mol. The number of ether oxygens (including phenoxy) is 1. The zero-order chi connectivity index (χ0) is 34.7. The molecule has 1 aliphatic heterocycles. The van der Waals surface area contributed by atoms with Crippen LogP contribution in [0.2, 0.25) is 0 Å². The maximum absolute atomic E-state index is 13.0. The Morgan fingerprint density at radius 3 is 2.38 bits per heavy atom. The highest BCUT2D eigenvalue weighted by Crippen LogP contribution is 2.45. The van der Waals surface area contributed by atoms with Crippen LogP contribution in [0.4, 0.5) is 0 Å². The molecule has 1 aliphatic carbocycles. The van der Waals surface area contributed by atoms with Crippen molar-refractivity contribution in [1.29, 1.82) is 16.1 Å². The van der Waals surface area contributed by atoms with Crippen molar-refractivity contribution in [2.45, 2.75) is 84.2 Å². The van der Waals surface area contributed by atoms with Gasteiger partial charge < -0.3 is 25.6 Å². The number of hydrogen-bond donors (Lipinski definition) is 5. The average molecular weight is 642 g/mol. The summed E-state index contributed by atoms with van der Waals surface area (Å²) in [4.78, 5) is 27.3. The minimum atomic E-state index is -1.07. The lowest BCUT2D eigenvalue weighted by atomic mass is 9.68. The predicted octanol–water partition coefficient (Wildman–Crippen LogP) is 4.99. The van der Waals surface area contributed by atoms with Crippen molar-refractivity contribution in [3.05, 3.63) is 82.6 Å². The third-order valence-corrected chi connectivity index (χ3v) is 8.85. The first-order valence-corrected chi connectivity index (χ1v) is 16.5. The van der Waals surface area contributed by atoms with Crippen LogP contribution in [0.3, 0.4) is 0 Å². The maximum Gasteiger partial charge on any atom is 0.251 e. The summed E-state index contributed by atoms with van der Waals surface area (Å²) in [6.07, 6.45) is 4.99. The molecule has 2 aromatic rings. The van der Waals surface area contributed by atoms with Gasteiger partial charge in [0.15, 0.2) is 5.90 Å². The fourth-order valence-electron chi connectivity index (χ4n) is 6.37. The van der Waals surface area contributed by atoms with Crippen molar-refractivity contribution in [3.63, 3.8) is 0 Å². The minimum absolute atomic E-state index is 0.00758. The number of aryl methyl sites for hydroxylation is 3. The molecule has 10 heteroatoms. The summed E-state index contributed by atoms with van der Waals surface area (Å²) in [5, 5.41) is 36.3. The first-order chi connectivity index (χ1) is 22.4. The molecule has 2 aromatic carbocycles. The summed E-state index contributed by atoms with van der Waals surface area (Å²) >= 11 is 0. The highest BCUT2D eigenvalue weighted by molar-refractivity contribution is 5.99. The molecule has 1 saturated heterocycles. The third-order valence-electron chi connectivity index (χ3n) is 8.85. The van der Waals surface area contributed by atoms with Crippen LogP contribution in [0.5, 0.6) is 0 Å². The summed E-state index contributed by atoms with van der Waals surface area (Å²) in [5.41, 5.74) is 4.42. The van der Waals surface area contributed by atoms with Gasteiger partial charge in [-0.2, -0.15) is 5.26 Å². The number of rotatable bonds is 10. The van der Waals surface area contributed by atoms with E-state index in [1.54, 1.807) is 24.2 Å². The van der Waals surface area contributed by atoms with Crippen LogP contribution in [0.25, 0.3) is 0 Å². The molecule has 0 aromatic heterocycles. The van der Waals surface area contributed by atoms with E-state index in [-0.39, 0.29) is 48.2 Å². The lowest BCUT2D eigenvalue weighted by molar-refractivity contribution is -0.130. The Labute approximate surface area is 280 Å². The smallest absolute Gasteiger partial charge is 0.251 e. The Balaban J connectivity index is 0.00000111. The van der Waals surface area contributed by atoms with Gasteiger partial charge in [0, 0.05) is 37.7 Å². The van der Waals surface area contributed by atoms with Crippen molar-refractivity contribution in [3.8, 4) is 6.07 Å². The molecule has 2 aliphatic rings. The van der Waals surface area contributed by atoms with E-state index in [4.69, 9.17) is 10.1 Å². The van der Waals surface area contributed by atoms with Gasteiger partial charge >= 0.3 is 0 Å². The number of fused-ring (bicyclic) bond motifs is 2. The Morgan fingerprint density at radius 2 is 1.81 bits per heavy atom. The second-order valence-corrected chi connectivity index (χ2v) is 12.6. The number of nitrogens with zero attached hydrogens (tertiary/aromatic N) is 2. The number of benzene rings is 2. The van der Waals surface area contributed by atoms with Gasteiger partial charge in [-0.1, -0.05) is 50.3 Å². The second-order valence-electron chi connectivity index (χ2n) is 12.6. The van der Waals surface area contributed by atoms with Gasteiger partial charge in [-0.3, -0.25) is 20.4 Å². The molecule has 10 nitrogen and oxygen atoms in total. The molecule has 5 N–H and O–H groups in total. The van der Waals surface area contributed by atoms with Crippen LogP contribution in [-0.4, -0.2) is 67.3 Å².